The Kier molecular flexibility index (Phi) is 5.23. The summed E-state index contributed by atoms with van der Waals surface area (Å²) in [7, 11) is 1.52. The van der Waals surface area contributed by atoms with Gasteiger partial charge in [-0.25, -0.2) is 4.39 Å². The van der Waals surface area contributed by atoms with Crippen LogP contribution in [0.5, 0.6) is 5.75 Å². The van der Waals surface area contributed by atoms with Gasteiger partial charge in [0, 0.05) is 32.2 Å². The van der Waals surface area contributed by atoms with Crippen LogP contribution in [0.25, 0.3) is 0 Å². The first-order chi connectivity index (χ1) is 12.7. The second-order valence-electron chi connectivity index (χ2n) is 7.49. The average molecular weight is 354 g/mol. The third kappa shape index (κ3) is 3.76. The molecule has 26 heavy (non-hydrogen) atoms. The summed E-state index contributed by atoms with van der Waals surface area (Å²) in [5, 5.41) is 0. The number of benzene rings is 2. The van der Waals surface area contributed by atoms with Crippen molar-refractivity contribution in [2.75, 3.05) is 26.7 Å². The number of rotatable bonds is 4. The standard InChI is InChI=1S/C22H27FN2O/c1-26-22-13-17(8-9-21(22)23)14-24-11-4-7-20(16-24)25-12-10-18-5-2-3-6-19(18)15-25/h2-3,5-6,8-9,13,20H,4,7,10-12,14-16H2,1H3. The maximum Gasteiger partial charge on any atom is 0.165 e. The summed E-state index contributed by atoms with van der Waals surface area (Å²) in [6.07, 6.45) is 3.65. The summed E-state index contributed by atoms with van der Waals surface area (Å²) in [6.45, 7) is 5.28. The molecule has 0 spiro atoms. The van der Waals surface area contributed by atoms with E-state index in [2.05, 4.69) is 34.1 Å². The van der Waals surface area contributed by atoms with Crippen molar-refractivity contribution in [3.63, 3.8) is 0 Å². The molecule has 0 radical (unpaired) electrons. The van der Waals surface area contributed by atoms with Crippen molar-refractivity contribution >= 4 is 0 Å². The second-order valence-corrected chi connectivity index (χ2v) is 7.49. The minimum Gasteiger partial charge on any atom is -0.494 e. The van der Waals surface area contributed by atoms with Crippen LogP contribution in [0.3, 0.4) is 0 Å². The monoisotopic (exact) mass is 354 g/mol. The molecule has 1 fully saturated rings. The first-order valence-electron chi connectivity index (χ1n) is 9.58. The van der Waals surface area contributed by atoms with E-state index in [4.69, 9.17) is 4.74 Å². The van der Waals surface area contributed by atoms with E-state index in [9.17, 15) is 4.39 Å². The third-order valence-electron chi connectivity index (χ3n) is 5.78. The summed E-state index contributed by atoms with van der Waals surface area (Å²) in [4.78, 5) is 5.15. The van der Waals surface area contributed by atoms with Gasteiger partial charge < -0.3 is 4.74 Å². The van der Waals surface area contributed by atoms with E-state index < -0.39 is 0 Å². The van der Waals surface area contributed by atoms with Gasteiger partial charge in [0.1, 0.15) is 0 Å². The number of fused-ring (bicyclic) bond motifs is 1. The Morgan fingerprint density at radius 3 is 2.81 bits per heavy atom. The van der Waals surface area contributed by atoms with Crippen LogP contribution >= 0.6 is 0 Å². The minimum absolute atomic E-state index is 0.292. The van der Waals surface area contributed by atoms with Crippen LogP contribution in [-0.4, -0.2) is 42.6 Å². The van der Waals surface area contributed by atoms with E-state index in [1.165, 1.54) is 37.1 Å². The second kappa shape index (κ2) is 7.77. The molecule has 0 amide bonds. The van der Waals surface area contributed by atoms with Crippen LogP contribution in [0.1, 0.15) is 29.5 Å². The third-order valence-corrected chi connectivity index (χ3v) is 5.78. The predicted octanol–water partition coefficient (Wildman–Crippen LogP) is 3.86. The van der Waals surface area contributed by atoms with Gasteiger partial charge in [0.2, 0.25) is 0 Å². The van der Waals surface area contributed by atoms with Crippen LogP contribution in [0.2, 0.25) is 0 Å². The van der Waals surface area contributed by atoms with Crippen LogP contribution in [-0.2, 0) is 19.5 Å². The molecule has 4 heteroatoms. The predicted molar refractivity (Wildman–Crippen MR) is 102 cm³/mol. The van der Waals surface area contributed by atoms with Crippen molar-refractivity contribution in [3.05, 3.63) is 65.0 Å². The lowest BCUT2D eigenvalue weighted by Gasteiger charge is -2.41. The number of methoxy groups -OCH3 is 1. The van der Waals surface area contributed by atoms with Gasteiger partial charge in [0.25, 0.3) is 0 Å². The van der Waals surface area contributed by atoms with Gasteiger partial charge in [-0.15, -0.1) is 0 Å². The number of hydrogen-bond donors (Lipinski definition) is 0. The molecule has 0 bridgehead atoms. The van der Waals surface area contributed by atoms with Crippen molar-refractivity contribution in [2.45, 2.75) is 38.4 Å². The van der Waals surface area contributed by atoms with Crippen molar-refractivity contribution in [3.8, 4) is 5.75 Å². The fourth-order valence-electron chi connectivity index (χ4n) is 4.36. The smallest absolute Gasteiger partial charge is 0.165 e. The summed E-state index contributed by atoms with van der Waals surface area (Å²) in [6, 6.07) is 14.7. The van der Waals surface area contributed by atoms with Crippen molar-refractivity contribution in [2.24, 2.45) is 0 Å². The SMILES string of the molecule is COc1cc(CN2CCCC(N3CCc4ccccc4C3)C2)ccc1F. The lowest BCUT2D eigenvalue weighted by Crippen LogP contribution is -2.49. The highest BCUT2D eigenvalue weighted by Gasteiger charge is 2.27. The van der Waals surface area contributed by atoms with Crippen LogP contribution < -0.4 is 4.74 Å². The lowest BCUT2D eigenvalue weighted by molar-refractivity contribution is 0.0838. The molecule has 2 aromatic rings. The number of likely N-dealkylation sites (tertiary alicyclic amines) is 1. The molecule has 0 saturated carbocycles. The molecule has 1 atom stereocenters. The van der Waals surface area contributed by atoms with Crippen molar-refractivity contribution in [1.82, 2.24) is 9.80 Å². The number of piperidine rings is 1. The number of nitrogens with zero attached hydrogens (tertiary/aromatic N) is 2. The molecule has 2 aromatic carbocycles. The van der Waals surface area contributed by atoms with Gasteiger partial charge in [-0.1, -0.05) is 30.3 Å². The molecule has 4 rings (SSSR count). The van der Waals surface area contributed by atoms with E-state index in [1.54, 1.807) is 0 Å². The summed E-state index contributed by atoms with van der Waals surface area (Å²) in [5.74, 6) is 0.0449. The van der Waals surface area contributed by atoms with E-state index in [1.807, 2.05) is 12.1 Å². The molecule has 0 aromatic heterocycles. The van der Waals surface area contributed by atoms with Gasteiger partial charge in [-0.2, -0.15) is 0 Å². The Morgan fingerprint density at radius 2 is 1.96 bits per heavy atom. The quantitative estimate of drug-likeness (QED) is 0.829. The van der Waals surface area contributed by atoms with Crippen molar-refractivity contribution < 1.29 is 9.13 Å². The average Bonchev–Trinajstić information content (AvgIpc) is 2.69. The van der Waals surface area contributed by atoms with Gasteiger partial charge >= 0.3 is 0 Å². The van der Waals surface area contributed by atoms with Gasteiger partial charge in [-0.3, -0.25) is 9.80 Å². The molecular weight excluding hydrogens is 327 g/mol. The Bertz CT molecular complexity index is 764. The molecule has 3 nitrogen and oxygen atoms in total. The minimum atomic E-state index is -0.292. The summed E-state index contributed by atoms with van der Waals surface area (Å²) in [5.41, 5.74) is 4.11. The Hall–Kier alpha value is -1.91. The molecule has 1 saturated heterocycles. The molecule has 138 valence electrons. The largest absolute Gasteiger partial charge is 0.494 e. The van der Waals surface area contributed by atoms with E-state index in [-0.39, 0.29) is 5.82 Å². The summed E-state index contributed by atoms with van der Waals surface area (Å²) < 4.78 is 18.8. The van der Waals surface area contributed by atoms with E-state index >= 15 is 0 Å². The van der Waals surface area contributed by atoms with E-state index in [0.717, 1.165) is 44.7 Å². The highest BCUT2D eigenvalue weighted by atomic mass is 19.1. The highest BCUT2D eigenvalue weighted by molar-refractivity contribution is 5.31. The Morgan fingerprint density at radius 1 is 1.12 bits per heavy atom. The maximum atomic E-state index is 13.6. The molecule has 0 aliphatic carbocycles. The first-order valence-corrected chi connectivity index (χ1v) is 9.58. The topological polar surface area (TPSA) is 15.7 Å². The molecule has 2 aliphatic rings. The number of halogens is 1. The number of hydrogen-bond acceptors (Lipinski definition) is 3. The normalized spacial score (nSPS) is 21.4. The van der Waals surface area contributed by atoms with Crippen LogP contribution in [0.15, 0.2) is 42.5 Å². The molecular formula is C22H27FN2O. The Labute approximate surface area is 155 Å². The van der Waals surface area contributed by atoms with Gasteiger partial charge in [0.05, 0.1) is 7.11 Å². The highest BCUT2D eigenvalue weighted by Crippen LogP contribution is 2.26. The molecule has 2 aliphatic heterocycles. The van der Waals surface area contributed by atoms with Crippen LogP contribution in [0.4, 0.5) is 4.39 Å². The zero-order chi connectivity index (χ0) is 17.9. The number of ether oxygens (including phenoxy) is 1. The summed E-state index contributed by atoms with van der Waals surface area (Å²) >= 11 is 0. The maximum absolute atomic E-state index is 13.6. The zero-order valence-corrected chi connectivity index (χ0v) is 15.5. The fourth-order valence-corrected chi connectivity index (χ4v) is 4.36. The fraction of sp³-hybridized carbons (Fsp3) is 0.455. The van der Waals surface area contributed by atoms with E-state index in [0.29, 0.717) is 11.8 Å². The van der Waals surface area contributed by atoms with Crippen molar-refractivity contribution in [1.29, 1.82) is 0 Å². The van der Waals surface area contributed by atoms with Gasteiger partial charge in [-0.05, 0) is 54.6 Å². The van der Waals surface area contributed by atoms with Crippen LogP contribution in [0, 0.1) is 5.82 Å². The lowest BCUT2D eigenvalue weighted by atomic mass is 9.96. The zero-order valence-electron chi connectivity index (χ0n) is 15.5. The first kappa shape index (κ1) is 17.5. The molecule has 0 N–H and O–H groups in total. The molecule has 1 unspecified atom stereocenters. The molecule has 2 heterocycles. The van der Waals surface area contributed by atoms with Gasteiger partial charge in [0.15, 0.2) is 11.6 Å². The Balaban J connectivity index is 1.40.